The molecule has 3 saturated heterocycles. The molecule has 9 N–H and O–H groups in total. The minimum atomic E-state index is -1.94. The van der Waals surface area contributed by atoms with E-state index >= 15 is 4.79 Å². The summed E-state index contributed by atoms with van der Waals surface area (Å²) in [4.78, 5) is 53.5. The van der Waals surface area contributed by atoms with Crippen LogP contribution in [0.4, 0.5) is 0 Å². The Morgan fingerprint density at radius 1 is 0.759 bits per heavy atom. The first-order valence-corrected chi connectivity index (χ1v) is 28.2. The Bertz CT molecular complexity index is 2530. The number of esters is 2. The first kappa shape index (κ1) is 67.8. The fourth-order valence-corrected chi connectivity index (χ4v) is 10.6. The van der Waals surface area contributed by atoms with Crippen molar-refractivity contribution < 1.29 is 127 Å². The molecule has 3 fully saturated rings. The molecule has 23 atom stereocenters. The van der Waals surface area contributed by atoms with Gasteiger partial charge in [-0.05, 0) is 98.7 Å². The second-order valence-corrected chi connectivity index (χ2v) is 22.2. The summed E-state index contributed by atoms with van der Waals surface area (Å²) >= 11 is 0. The number of phenols is 2. The normalized spacial score (nSPS) is 32.6. The van der Waals surface area contributed by atoms with Crippen molar-refractivity contribution in [1.82, 2.24) is 0 Å². The molecule has 470 valence electrons. The van der Waals surface area contributed by atoms with Gasteiger partial charge in [0, 0.05) is 44.3 Å². The summed E-state index contributed by atoms with van der Waals surface area (Å²) in [6.07, 6.45) is -25.0. The van der Waals surface area contributed by atoms with Crippen molar-refractivity contribution in [2.75, 3.05) is 20.3 Å². The molecule has 4 aliphatic rings. The van der Waals surface area contributed by atoms with E-state index in [4.69, 9.17) is 61.6 Å². The van der Waals surface area contributed by atoms with Gasteiger partial charge in [0.15, 0.2) is 49.1 Å². The van der Waals surface area contributed by atoms with Crippen LogP contribution in [0.2, 0.25) is 0 Å². The Balaban J connectivity index is 1.21. The number of aliphatic hydroxyl groups is 7. The highest BCUT2D eigenvalue weighted by atomic mass is 16.7. The molecule has 26 nitrogen and oxygen atoms in total. The second kappa shape index (κ2) is 28.9. The van der Waals surface area contributed by atoms with Crippen molar-refractivity contribution >= 4 is 34.3 Å². The summed E-state index contributed by atoms with van der Waals surface area (Å²) in [5.74, 6) is -5.34. The van der Waals surface area contributed by atoms with E-state index < -0.39 is 176 Å². The van der Waals surface area contributed by atoms with E-state index in [1.54, 1.807) is 34.6 Å². The first-order valence-electron chi connectivity index (χ1n) is 28.2. The number of ether oxygens (including phenoxy) is 13. The number of aliphatic hydroxyl groups excluding tert-OH is 6. The van der Waals surface area contributed by atoms with Crippen LogP contribution in [-0.2, 0) is 77.6 Å². The van der Waals surface area contributed by atoms with Gasteiger partial charge in [-0.25, -0.2) is 0 Å². The molecule has 0 amide bonds. The molecule has 0 radical (unpaired) electrons. The van der Waals surface area contributed by atoms with Gasteiger partial charge in [-0.15, -0.1) is 0 Å². The van der Waals surface area contributed by atoms with Crippen molar-refractivity contribution in [3.8, 4) is 17.2 Å². The molecule has 0 spiro atoms. The lowest BCUT2D eigenvalue weighted by molar-refractivity contribution is -0.294. The molecule has 3 aliphatic heterocycles. The lowest BCUT2D eigenvalue weighted by atomic mass is 9.75. The van der Waals surface area contributed by atoms with Crippen molar-refractivity contribution in [2.45, 2.75) is 250 Å². The maximum atomic E-state index is 15.1. The van der Waals surface area contributed by atoms with Crippen LogP contribution in [0.15, 0.2) is 12.1 Å². The summed E-state index contributed by atoms with van der Waals surface area (Å²) in [7, 11) is 1.18. The van der Waals surface area contributed by atoms with Gasteiger partial charge in [0.1, 0.15) is 77.8 Å². The van der Waals surface area contributed by atoms with Crippen LogP contribution in [-0.4, -0.2) is 225 Å². The predicted molar refractivity (Wildman–Crippen MR) is 287 cm³/mol. The van der Waals surface area contributed by atoms with Crippen LogP contribution in [0.3, 0.4) is 0 Å². The van der Waals surface area contributed by atoms with E-state index in [0.29, 0.717) is 0 Å². The number of carbonyl (C=O) groups is 4. The summed E-state index contributed by atoms with van der Waals surface area (Å²) in [5, 5.41) is 99.8. The summed E-state index contributed by atoms with van der Waals surface area (Å²) in [6.45, 7) is 17.5. The van der Waals surface area contributed by atoms with E-state index in [-0.39, 0.29) is 78.5 Å². The highest BCUT2D eigenvalue weighted by Gasteiger charge is 2.52. The maximum Gasteiger partial charge on any atom is 0.305 e. The number of aromatic hydroxyl groups is 2. The molecular weight excluding hydrogens is 1100 g/mol. The Morgan fingerprint density at radius 2 is 1.34 bits per heavy atom. The number of rotatable bonds is 27. The van der Waals surface area contributed by atoms with E-state index in [2.05, 4.69) is 0 Å². The van der Waals surface area contributed by atoms with Gasteiger partial charge in [0.05, 0.1) is 60.8 Å². The fraction of sp³-hybridized carbons (Fsp3) is 0.754. The number of Topliss-reactive ketones (excluding diaryl/α,β-unsaturated/α-hetero) is 2. The van der Waals surface area contributed by atoms with E-state index in [9.17, 15) is 60.3 Å². The number of benzene rings is 2. The number of hydrogen-bond acceptors (Lipinski definition) is 26. The Kier molecular flexibility index (Phi) is 23.6. The zero-order chi connectivity index (χ0) is 61.7. The number of fused-ring (bicyclic) bond motifs is 2. The third-order valence-electron chi connectivity index (χ3n) is 15.7. The number of hydrogen-bond donors (Lipinski definition) is 9. The van der Waals surface area contributed by atoms with Crippen molar-refractivity contribution in [2.24, 2.45) is 5.92 Å². The number of carbonyl (C=O) groups excluding carboxylic acids is 4. The zero-order valence-corrected chi connectivity index (χ0v) is 49.3. The third kappa shape index (κ3) is 15.8. The fourth-order valence-electron chi connectivity index (χ4n) is 10.6. The van der Waals surface area contributed by atoms with Crippen LogP contribution in [0.1, 0.15) is 123 Å². The van der Waals surface area contributed by atoms with Gasteiger partial charge in [0.2, 0.25) is 0 Å². The first-order chi connectivity index (χ1) is 38.9. The Morgan fingerprint density at radius 3 is 1.93 bits per heavy atom. The summed E-state index contributed by atoms with van der Waals surface area (Å²) < 4.78 is 75.6. The number of methoxy groups -OCH3 is 1. The summed E-state index contributed by atoms with van der Waals surface area (Å²) in [6, 6.07) is 3.00. The average Bonchev–Trinajstić information content (AvgIpc) is 2.00. The highest BCUT2D eigenvalue weighted by Crippen LogP contribution is 2.47. The van der Waals surface area contributed by atoms with Crippen LogP contribution < -0.4 is 4.74 Å². The summed E-state index contributed by atoms with van der Waals surface area (Å²) in [5.41, 5.74) is -1.72. The van der Waals surface area contributed by atoms with Crippen LogP contribution >= 0.6 is 0 Å². The molecule has 0 aromatic heterocycles. The molecule has 3 heterocycles. The Labute approximate surface area is 482 Å². The van der Waals surface area contributed by atoms with Crippen LogP contribution in [0.25, 0.3) is 10.8 Å². The Hall–Kier alpha value is -4.30. The van der Waals surface area contributed by atoms with E-state index in [0.717, 1.165) is 0 Å². The monoisotopic (exact) mass is 1190 g/mol. The molecule has 83 heavy (non-hydrogen) atoms. The molecule has 26 heteroatoms. The molecule has 6 rings (SSSR count). The third-order valence-corrected chi connectivity index (χ3v) is 15.7. The van der Waals surface area contributed by atoms with Gasteiger partial charge >= 0.3 is 11.9 Å². The van der Waals surface area contributed by atoms with Crippen molar-refractivity contribution in [3.05, 3.63) is 28.8 Å². The lowest BCUT2D eigenvalue weighted by Crippen LogP contribution is -2.55. The topological polar surface area (TPSA) is 370 Å². The van der Waals surface area contributed by atoms with Gasteiger partial charge in [-0.2, -0.15) is 0 Å². The molecular formula is C57H86O26. The van der Waals surface area contributed by atoms with E-state index in [1.807, 2.05) is 0 Å². The van der Waals surface area contributed by atoms with Crippen LogP contribution in [0, 0.1) is 12.8 Å². The minimum absolute atomic E-state index is 0.0245. The molecule has 2 aromatic carbocycles. The largest absolute Gasteiger partial charge is 0.507 e. The van der Waals surface area contributed by atoms with Crippen LogP contribution in [0.5, 0.6) is 17.2 Å². The molecule has 0 bridgehead atoms. The van der Waals surface area contributed by atoms with Crippen molar-refractivity contribution in [1.29, 1.82) is 0 Å². The molecule has 2 aromatic rings. The maximum absolute atomic E-state index is 15.1. The van der Waals surface area contributed by atoms with Gasteiger partial charge in [-0.1, -0.05) is 13.8 Å². The lowest BCUT2D eigenvalue weighted by Gasteiger charge is -2.42. The predicted octanol–water partition coefficient (Wildman–Crippen LogP) is 1.78. The number of phenolic OH excluding ortho intramolecular Hbond substituents is 2. The zero-order valence-electron chi connectivity index (χ0n) is 49.3. The average molecular weight is 1190 g/mol. The minimum Gasteiger partial charge on any atom is -0.507 e. The number of ketones is 2. The SMILES string of the molecule is CCC(=O)OC1C[C@H](OC[C@H](O)C(C)OC(C)Oc2cc3cc4c(c(O)c3c(O)c2C)C(=O)[C@@H](O[C@H]2CC(OC(C)OC(C)[C@H](O)COC3OC(C)[C@@H](O)C3(C)O)[C@H](O)C(C)O2)[C@H]([C@H](OC)C(=O)[C@@H](O)[C@@H](C)OC(=O)CC)C4)OC(C)[C@H]1O. The highest BCUT2D eigenvalue weighted by molar-refractivity contribution is 6.11. The molecule has 11 unspecified atom stereocenters. The van der Waals surface area contributed by atoms with Gasteiger partial charge < -0.3 is 108 Å². The quantitative estimate of drug-likeness (QED) is 0.0455. The molecule has 1 aliphatic carbocycles. The standard InChI is InChI=1S/C57H86O26/c1-14-40(60)76-28(8)49(65)52(68)53(71-13)34-17-32-16-33-18-37(80-30(10)74-24(4)35(58)21-72-42-19-39(82-41(61)15-2)48(64)26(6)77-42)23(3)46(62)44(33)50(66)45(32)51(67)54(34)83-43-20-38(47(63)27(7)78-43)81-31(11)75-25(5)36(59)22-73-56-57(12,70)55(69)29(9)79-56/h16,18,24-31,34-36,38-39,42-43,47-49,53-56,58-59,62-66,69-70H,14-15,17,19-22H2,1-13H3/t24?,25?,26?,27?,28-,29?,30?,31?,34+,35+,36-,38?,39?,42-,43+,47-,48-,49+,53+,54+,55-,56?,57?/m1/s1. The smallest absolute Gasteiger partial charge is 0.305 e. The van der Waals surface area contributed by atoms with Crippen molar-refractivity contribution in [3.63, 3.8) is 0 Å². The van der Waals surface area contributed by atoms with Gasteiger partial charge in [-0.3, -0.25) is 19.2 Å². The second-order valence-electron chi connectivity index (χ2n) is 22.2. The molecule has 0 saturated carbocycles. The van der Waals surface area contributed by atoms with E-state index in [1.165, 1.54) is 67.7 Å². The van der Waals surface area contributed by atoms with Gasteiger partial charge in [0.25, 0.3) is 0 Å².